The summed E-state index contributed by atoms with van der Waals surface area (Å²) in [6.45, 7) is 0. The highest BCUT2D eigenvalue weighted by atomic mass is 31.2. The van der Waals surface area contributed by atoms with Crippen molar-refractivity contribution in [2.45, 2.75) is 0 Å². The van der Waals surface area contributed by atoms with Gasteiger partial charge in [-0.25, -0.2) is 0 Å². The van der Waals surface area contributed by atoms with E-state index < -0.39 is 16.8 Å². The molecule has 1 aromatic rings. The van der Waals surface area contributed by atoms with Crippen LogP contribution in [0.2, 0.25) is 0 Å². The molecular formula is C6H8O4P2. The Balaban J connectivity index is 2.86. The van der Waals surface area contributed by atoms with Gasteiger partial charge in [0.05, 0.1) is 0 Å². The van der Waals surface area contributed by atoms with Gasteiger partial charge in [-0.15, -0.1) is 0 Å². The predicted octanol–water partition coefficient (Wildman–Crippen LogP) is -0.470. The molecule has 4 nitrogen and oxygen atoms in total. The third-order valence-corrected chi connectivity index (χ3v) is 2.83. The zero-order chi connectivity index (χ0) is 9.14. The molecule has 1 rings (SSSR count). The lowest BCUT2D eigenvalue weighted by Gasteiger charge is -2.04. The van der Waals surface area contributed by atoms with Crippen LogP contribution in [0, 0.1) is 0 Å². The van der Waals surface area contributed by atoms with Crippen molar-refractivity contribution in [3.8, 4) is 0 Å². The Kier molecular flexibility index (Phi) is 3.53. The maximum atomic E-state index is 8.75. The van der Waals surface area contributed by atoms with Gasteiger partial charge in [0.1, 0.15) is 0 Å². The molecule has 6 heteroatoms. The summed E-state index contributed by atoms with van der Waals surface area (Å²) in [6, 6.07) is 5.84. The number of hydrogen-bond donors (Lipinski definition) is 4. The van der Waals surface area contributed by atoms with E-state index in [1.165, 1.54) is 24.3 Å². The Bertz CT molecular complexity index is 219. The molecule has 4 N–H and O–H groups in total. The van der Waals surface area contributed by atoms with Crippen LogP contribution in [0.4, 0.5) is 0 Å². The van der Waals surface area contributed by atoms with Crippen LogP contribution < -0.4 is 10.6 Å². The average Bonchev–Trinajstić information content (AvgIpc) is 2.04. The van der Waals surface area contributed by atoms with E-state index in [-0.39, 0.29) is 0 Å². The smallest absolute Gasteiger partial charge is 0.199 e. The maximum absolute atomic E-state index is 8.75. The van der Waals surface area contributed by atoms with E-state index in [0.717, 1.165) is 0 Å². The third-order valence-electron chi connectivity index (χ3n) is 1.31. The zero-order valence-electron chi connectivity index (χ0n) is 5.99. The molecular weight excluding hydrogens is 198 g/mol. The van der Waals surface area contributed by atoms with Crippen molar-refractivity contribution >= 4 is 27.4 Å². The molecule has 0 spiro atoms. The Morgan fingerprint density at radius 2 is 0.917 bits per heavy atom. The first-order chi connectivity index (χ1) is 5.61. The summed E-state index contributed by atoms with van der Waals surface area (Å²) < 4.78 is 0. The van der Waals surface area contributed by atoms with Gasteiger partial charge in [0.15, 0.2) is 16.8 Å². The number of benzene rings is 1. The van der Waals surface area contributed by atoms with Gasteiger partial charge in [0.25, 0.3) is 0 Å². The first-order valence-corrected chi connectivity index (χ1v) is 5.56. The van der Waals surface area contributed by atoms with Crippen molar-refractivity contribution in [2.75, 3.05) is 0 Å². The van der Waals surface area contributed by atoms with Gasteiger partial charge < -0.3 is 19.6 Å². The summed E-state index contributed by atoms with van der Waals surface area (Å²) in [5.41, 5.74) is 0. The second-order valence-electron chi connectivity index (χ2n) is 2.10. The van der Waals surface area contributed by atoms with Gasteiger partial charge in [-0.1, -0.05) is 0 Å². The molecule has 0 atom stereocenters. The standard InChI is InChI=1S/C6H8O4P2/c7-11(8)5-1-2-6(4-3-5)12(9)10/h1-4,7-10H. The van der Waals surface area contributed by atoms with Crippen molar-refractivity contribution in [2.24, 2.45) is 0 Å². The molecule has 66 valence electrons. The molecule has 0 fully saturated rings. The minimum absolute atomic E-state index is 0.394. The molecule has 0 radical (unpaired) electrons. The van der Waals surface area contributed by atoms with Gasteiger partial charge in [0, 0.05) is 10.6 Å². The van der Waals surface area contributed by atoms with E-state index in [9.17, 15) is 0 Å². The van der Waals surface area contributed by atoms with Crippen molar-refractivity contribution in [3.05, 3.63) is 24.3 Å². The lowest BCUT2D eigenvalue weighted by molar-refractivity contribution is 0.494. The average molecular weight is 206 g/mol. The number of hydrogen-bond acceptors (Lipinski definition) is 4. The monoisotopic (exact) mass is 206 g/mol. The van der Waals surface area contributed by atoms with E-state index in [4.69, 9.17) is 19.6 Å². The summed E-state index contributed by atoms with van der Waals surface area (Å²) in [5, 5.41) is 0.788. The second kappa shape index (κ2) is 4.24. The Hall–Kier alpha value is -0.0800. The Labute approximate surface area is 72.0 Å². The third kappa shape index (κ3) is 2.46. The van der Waals surface area contributed by atoms with Crippen LogP contribution in [-0.4, -0.2) is 19.6 Å². The van der Waals surface area contributed by atoms with Gasteiger partial charge >= 0.3 is 0 Å². The summed E-state index contributed by atoms with van der Waals surface area (Å²) >= 11 is 0. The first-order valence-electron chi connectivity index (χ1n) is 3.07. The number of rotatable bonds is 2. The second-order valence-corrected chi connectivity index (χ2v) is 4.29. The molecule has 12 heavy (non-hydrogen) atoms. The predicted molar refractivity (Wildman–Crippen MR) is 48.4 cm³/mol. The van der Waals surface area contributed by atoms with Crippen LogP contribution >= 0.6 is 16.8 Å². The molecule has 0 saturated carbocycles. The van der Waals surface area contributed by atoms with Crippen LogP contribution in [0.1, 0.15) is 0 Å². The molecule has 0 saturated heterocycles. The SMILES string of the molecule is OP(O)c1ccc(P(O)O)cc1. The zero-order valence-corrected chi connectivity index (χ0v) is 7.78. The first kappa shape index (κ1) is 10.0. The maximum Gasteiger partial charge on any atom is 0.199 e. The molecule has 0 amide bonds. The van der Waals surface area contributed by atoms with E-state index in [2.05, 4.69) is 0 Å². The van der Waals surface area contributed by atoms with Crippen molar-refractivity contribution in [1.82, 2.24) is 0 Å². The summed E-state index contributed by atoms with van der Waals surface area (Å²) in [7, 11) is -4.17. The highest BCUT2D eigenvalue weighted by Crippen LogP contribution is 2.24. The van der Waals surface area contributed by atoms with Crippen LogP contribution in [-0.2, 0) is 0 Å². The van der Waals surface area contributed by atoms with Crippen LogP contribution in [0.5, 0.6) is 0 Å². The van der Waals surface area contributed by atoms with Crippen molar-refractivity contribution in [1.29, 1.82) is 0 Å². The molecule has 0 unspecified atom stereocenters. The molecule has 0 heterocycles. The fourth-order valence-corrected chi connectivity index (χ4v) is 1.55. The van der Waals surface area contributed by atoms with Crippen LogP contribution in [0.3, 0.4) is 0 Å². The highest BCUT2D eigenvalue weighted by Gasteiger charge is 2.06. The van der Waals surface area contributed by atoms with Crippen molar-refractivity contribution in [3.63, 3.8) is 0 Å². The lowest BCUT2D eigenvalue weighted by Crippen LogP contribution is -2.06. The quantitative estimate of drug-likeness (QED) is 0.493. The minimum atomic E-state index is -2.08. The molecule has 0 aromatic heterocycles. The van der Waals surface area contributed by atoms with Gasteiger partial charge in [-0.2, -0.15) is 0 Å². The molecule has 0 aliphatic heterocycles. The summed E-state index contributed by atoms with van der Waals surface area (Å²) in [5.74, 6) is 0. The highest BCUT2D eigenvalue weighted by molar-refractivity contribution is 7.54. The van der Waals surface area contributed by atoms with Crippen LogP contribution in [0.25, 0.3) is 0 Å². The molecule has 1 aromatic carbocycles. The van der Waals surface area contributed by atoms with Crippen molar-refractivity contribution < 1.29 is 19.6 Å². The Morgan fingerprint density at radius 1 is 0.667 bits per heavy atom. The summed E-state index contributed by atoms with van der Waals surface area (Å²) in [4.78, 5) is 35.0. The topological polar surface area (TPSA) is 80.9 Å². The molecule has 0 aliphatic rings. The van der Waals surface area contributed by atoms with E-state index in [1.54, 1.807) is 0 Å². The molecule has 0 bridgehead atoms. The van der Waals surface area contributed by atoms with E-state index in [0.29, 0.717) is 10.6 Å². The fraction of sp³-hybridized carbons (Fsp3) is 0. The lowest BCUT2D eigenvalue weighted by atomic mass is 10.4. The minimum Gasteiger partial charge on any atom is -0.347 e. The normalized spacial score (nSPS) is 11.2. The van der Waals surface area contributed by atoms with Gasteiger partial charge in [-0.05, 0) is 24.3 Å². The largest absolute Gasteiger partial charge is 0.347 e. The Morgan fingerprint density at radius 3 is 1.08 bits per heavy atom. The van der Waals surface area contributed by atoms with Gasteiger partial charge in [-0.3, -0.25) is 0 Å². The van der Waals surface area contributed by atoms with E-state index in [1.807, 2.05) is 0 Å². The molecule has 0 aliphatic carbocycles. The van der Waals surface area contributed by atoms with E-state index >= 15 is 0 Å². The summed E-state index contributed by atoms with van der Waals surface area (Å²) in [6.07, 6.45) is 0. The van der Waals surface area contributed by atoms with Gasteiger partial charge in [0.2, 0.25) is 0 Å². The van der Waals surface area contributed by atoms with Crippen LogP contribution in [0.15, 0.2) is 24.3 Å². The fourth-order valence-electron chi connectivity index (χ4n) is 0.719.